The second kappa shape index (κ2) is 5.08. The van der Waals surface area contributed by atoms with Gasteiger partial charge in [-0.15, -0.1) is 0 Å². The maximum Gasteiger partial charge on any atom is 0.325 e. The zero-order chi connectivity index (χ0) is 13.1. The van der Waals surface area contributed by atoms with Crippen molar-refractivity contribution in [3.8, 4) is 0 Å². The van der Waals surface area contributed by atoms with Crippen molar-refractivity contribution in [1.29, 1.82) is 0 Å². The maximum absolute atomic E-state index is 11.2. The molecule has 1 aromatic rings. The van der Waals surface area contributed by atoms with Gasteiger partial charge in [0, 0.05) is 24.8 Å². The summed E-state index contributed by atoms with van der Waals surface area (Å²) in [6.07, 6.45) is 1.25. The maximum atomic E-state index is 11.2. The zero-order valence-electron chi connectivity index (χ0n) is 10.5. The number of likely N-dealkylation sites (N-methyl/N-ethyl adjacent to an activating group) is 1. The minimum absolute atomic E-state index is 0.0539. The van der Waals surface area contributed by atoms with Crippen molar-refractivity contribution < 1.29 is 14.3 Å². The molecule has 0 fully saturated rings. The Kier molecular flexibility index (Phi) is 3.50. The highest BCUT2D eigenvalue weighted by molar-refractivity contribution is 5.94. The number of ether oxygens (including phenoxy) is 1. The predicted molar refractivity (Wildman–Crippen MR) is 68.7 cm³/mol. The van der Waals surface area contributed by atoms with Gasteiger partial charge in [0.25, 0.3) is 0 Å². The molecule has 5 heteroatoms. The van der Waals surface area contributed by atoms with Crippen molar-refractivity contribution in [1.82, 2.24) is 0 Å². The third-order valence-corrected chi connectivity index (χ3v) is 3.02. The summed E-state index contributed by atoms with van der Waals surface area (Å²) in [5, 5.41) is 2.83. The van der Waals surface area contributed by atoms with E-state index in [2.05, 4.69) is 10.1 Å². The molecule has 0 unspecified atom stereocenters. The molecule has 1 aliphatic rings. The molecule has 0 spiro atoms. The van der Waals surface area contributed by atoms with Crippen molar-refractivity contribution in [2.24, 2.45) is 0 Å². The van der Waals surface area contributed by atoms with Gasteiger partial charge in [0.2, 0.25) is 5.91 Å². The largest absolute Gasteiger partial charge is 0.468 e. The fraction of sp³-hybridized carbons (Fsp3) is 0.385. The third-order valence-electron chi connectivity index (χ3n) is 3.02. The molecular formula is C13H16N2O3. The minimum Gasteiger partial charge on any atom is -0.468 e. The highest BCUT2D eigenvalue weighted by Crippen LogP contribution is 2.26. The summed E-state index contributed by atoms with van der Waals surface area (Å²) in [6.45, 7) is 0.210. The number of hydrogen-bond acceptors (Lipinski definition) is 4. The Morgan fingerprint density at radius 1 is 1.44 bits per heavy atom. The first kappa shape index (κ1) is 12.4. The van der Waals surface area contributed by atoms with Gasteiger partial charge in [-0.25, -0.2) is 0 Å². The zero-order valence-corrected chi connectivity index (χ0v) is 10.5. The average molecular weight is 248 g/mol. The molecule has 0 radical (unpaired) electrons. The number of carbonyl (C=O) groups excluding carboxylic acids is 2. The van der Waals surface area contributed by atoms with Crippen molar-refractivity contribution >= 4 is 23.3 Å². The van der Waals surface area contributed by atoms with Crippen LogP contribution in [0.25, 0.3) is 0 Å². The molecule has 0 bridgehead atoms. The van der Waals surface area contributed by atoms with Crippen LogP contribution in [-0.4, -0.2) is 32.6 Å². The minimum atomic E-state index is -0.275. The number of aryl methyl sites for hydroxylation is 1. The van der Waals surface area contributed by atoms with Crippen LogP contribution in [0.15, 0.2) is 18.2 Å². The first-order valence-electron chi connectivity index (χ1n) is 5.81. The van der Waals surface area contributed by atoms with E-state index in [0.717, 1.165) is 23.4 Å². The van der Waals surface area contributed by atoms with E-state index in [1.807, 2.05) is 30.1 Å². The van der Waals surface area contributed by atoms with Gasteiger partial charge in [0.05, 0.1) is 7.11 Å². The number of nitrogens with one attached hydrogen (secondary N) is 1. The normalized spacial score (nSPS) is 13.6. The van der Waals surface area contributed by atoms with E-state index in [9.17, 15) is 9.59 Å². The molecule has 1 heterocycles. The van der Waals surface area contributed by atoms with Crippen LogP contribution in [0.5, 0.6) is 0 Å². The highest BCUT2D eigenvalue weighted by atomic mass is 16.5. The van der Waals surface area contributed by atoms with Crippen molar-refractivity contribution in [2.45, 2.75) is 12.8 Å². The molecule has 0 atom stereocenters. The molecule has 1 aromatic carbocycles. The Morgan fingerprint density at radius 3 is 2.94 bits per heavy atom. The molecule has 5 nitrogen and oxygen atoms in total. The van der Waals surface area contributed by atoms with Gasteiger partial charge in [-0.1, -0.05) is 0 Å². The smallest absolute Gasteiger partial charge is 0.325 e. The van der Waals surface area contributed by atoms with E-state index < -0.39 is 0 Å². The first-order chi connectivity index (χ1) is 8.60. The quantitative estimate of drug-likeness (QED) is 0.816. The van der Waals surface area contributed by atoms with Gasteiger partial charge < -0.3 is 15.0 Å². The molecule has 2 rings (SSSR count). The fourth-order valence-corrected chi connectivity index (χ4v) is 1.96. The summed E-state index contributed by atoms with van der Waals surface area (Å²) in [5.41, 5.74) is 2.90. The summed E-state index contributed by atoms with van der Waals surface area (Å²) >= 11 is 0. The van der Waals surface area contributed by atoms with Crippen LogP contribution in [0.1, 0.15) is 12.0 Å². The Hall–Kier alpha value is -2.04. The Morgan fingerprint density at radius 2 is 2.22 bits per heavy atom. The SMILES string of the molecule is COC(=O)CN(C)c1ccc2c(c1)CCC(=O)N2. The van der Waals surface area contributed by atoms with Crippen molar-refractivity contribution in [3.63, 3.8) is 0 Å². The summed E-state index contributed by atoms with van der Waals surface area (Å²) in [6, 6.07) is 5.75. The molecule has 0 saturated heterocycles. The molecule has 96 valence electrons. The van der Waals surface area contributed by atoms with E-state index in [4.69, 9.17) is 0 Å². The molecule has 0 saturated carbocycles. The molecule has 1 aliphatic heterocycles. The molecular weight excluding hydrogens is 232 g/mol. The Bertz CT molecular complexity index is 485. The molecule has 1 amide bonds. The van der Waals surface area contributed by atoms with Crippen LogP contribution < -0.4 is 10.2 Å². The lowest BCUT2D eigenvalue weighted by Gasteiger charge is -2.22. The number of fused-ring (bicyclic) bond motifs is 1. The Labute approximate surface area is 106 Å². The number of methoxy groups -OCH3 is 1. The number of amides is 1. The van der Waals surface area contributed by atoms with E-state index in [1.54, 1.807) is 0 Å². The van der Waals surface area contributed by atoms with Gasteiger partial charge in [0.15, 0.2) is 0 Å². The first-order valence-corrected chi connectivity index (χ1v) is 5.81. The fourth-order valence-electron chi connectivity index (χ4n) is 1.96. The lowest BCUT2D eigenvalue weighted by Crippen LogP contribution is -2.27. The van der Waals surface area contributed by atoms with E-state index in [0.29, 0.717) is 6.42 Å². The predicted octanol–water partition coefficient (Wildman–Crippen LogP) is 1.18. The van der Waals surface area contributed by atoms with Crippen LogP contribution in [0.4, 0.5) is 11.4 Å². The van der Waals surface area contributed by atoms with Crippen LogP contribution in [0.3, 0.4) is 0 Å². The van der Waals surface area contributed by atoms with E-state index >= 15 is 0 Å². The molecule has 0 aliphatic carbocycles. The van der Waals surface area contributed by atoms with Gasteiger partial charge in [0.1, 0.15) is 6.54 Å². The van der Waals surface area contributed by atoms with Crippen molar-refractivity contribution in [2.75, 3.05) is 30.9 Å². The summed E-state index contributed by atoms with van der Waals surface area (Å²) in [4.78, 5) is 24.3. The van der Waals surface area contributed by atoms with Crippen LogP contribution in [0.2, 0.25) is 0 Å². The average Bonchev–Trinajstić information content (AvgIpc) is 2.37. The highest BCUT2D eigenvalue weighted by Gasteiger charge is 2.16. The van der Waals surface area contributed by atoms with Crippen LogP contribution in [-0.2, 0) is 20.7 Å². The lowest BCUT2D eigenvalue weighted by molar-refractivity contribution is -0.138. The molecule has 1 N–H and O–H groups in total. The van der Waals surface area contributed by atoms with Gasteiger partial charge >= 0.3 is 5.97 Å². The lowest BCUT2D eigenvalue weighted by atomic mass is 10.0. The second-order valence-electron chi connectivity index (χ2n) is 4.32. The summed E-state index contributed by atoms with van der Waals surface area (Å²) in [5.74, 6) is -0.221. The van der Waals surface area contributed by atoms with Gasteiger partial charge in [-0.05, 0) is 30.2 Å². The second-order valence-corrected chi connectivity index (χ2v) is 4.32. The number of nitrogens with zero attached hydrogens (tertiary/aromatic N) is 1. The van der Waals surface area contributed by atoms with Crippen LogP contribution >= 0.6 is 0 Å². The molecule has 18 heavy (non-hydrogen) atoms. The van der Waals surface area contributed by atoms with Gasteiger partial charge in [-0.3, -0.25) is 9.59 Å². The number of rotatable bonds is 3. The molecule has 0 aromatic heterocycles. The number of esters is 1. The topological polar surface area (TPSA) is 58.6 Å². The number of anilines is 2. The van der Waals surface area contributed by atoms with Crippen molar-refractivity contribution in [3.05, 3.63) is 23.8 Å². The number of benzene rings is 1. The van der Waals surface area contributed by atoms with E-state index in [-0.39, 0.29) is 18.4 Å². The Balaban J connectivity index is 2.16. The number of hydrogen-bond donors (Lipinski definition) is 1. The summed E-state index contributed by atoms with van der Waals surface area (Å²) < 4.78 is 4.63. The van der Waals surface area contributed by atoms with E-state index in [1.165, 1.54) is 7.11 Å². The number of carbonyl (C=O) groups is 2. The third kappa shape index (κ3) is 2.61. The monoisotopic (exact) mass is 248 g/mol. The summed E-state index contributed by atoms with van der Waals surface area (Å²) in [7, 11) is 3.21. The van der Waals surface area contributed by atoms with Crippen LogP contribution in [0, 0.1) is 0 Å². The standard InChI is InChI=1S/C13H16N2O3/c1-15(8-13(17)18-2)10-4-5-11-9(7-10)3-6-12(16)14-11/h4-5,7H,3,6,8H2,1-2H3,(H,14,16). The van der Waals surface area contributed by atoms with Gasteiger partial charge in [-0.2, -0.15) is 0 Å².